The smallest absolute Gasteiger partial charge is 0.244 e. The quantitative estimate of drug-likeness (QED) is 0.818. The predicted octanol–water partition coefficient (Wildman–Crippen LogP) is 2.75. The van der Waals surface area contributed by atoms with Crippen molar-refractivity contribution < 1.29 is 9.18 Å². The summed E-state index contributed by atoms with van der Waals surface area (Å²) < 4.78 is 13.4. The SMILES string of the molecule is CC[C@]1(C)CN2CC[C@@H](c3cccc(F)c3)N2C1=O. The van der Waals surface area contributed by atoms with Crippen molar-refractivity contribution in [2.75, 3.05) is 13.1 Å². The number of amides is 1. The summed E-state index contributed by atoms with van der Waals surface area (Å²) >= 11 is 0. The molecule has 1 aromatic rings. The van der Waals surface area contributed by atoms with Crippen LogP contribution in [0.25, 0.3) is 0 Å². The van der Waals surface area contributed by atoms with Gasteiger partial charge in [0.05, 0.1) is 11.5 Å². The number of hydrogen-bond acceptors (Lipinski definition) is 2. The van der Waals surface area contributed by atoms with E-state index in [0.29, 0.717) is 0 Å². The van der Waals surface area contributed by atoms with Gasteiger partial charge in [-0.1, -0.05) is 19.1 Å². The lowest BCUT2D eigenvalue weighted by molar-refractivity contribution is -0.142. The number of nitrogens with zero attached hydrogens (tertiary/aromatic N) is 2. The molecule has 0 aliphatic carbocycles. The molecule has 2 aliphatic heterocycles. The van der Waals surface area contributed by atoms with Gasteiger partial charge in [-0.05, 0) is 37.5 Å². The highest BCUT2D eigenvalue weighted by molar-refractivity contribution is 5.84. The first kappa shape index (κ1) is 12.6. The van der Waals surface area contributed by atoms with Crippen LogP contribution in [0.3, 0.4) is 0 Å². The van der Waals surface area contributed by atoms with Crippen molar-refractivity contribution >= 4 is 5.91 Å². The molecule has 0 unspecified atom stereocenters. The fourth-order valence-electron chi connectivity index (χ4n) is 3.16. The average Bonchev–Trinajstić information content (AvgIpc) is 2.90. The van der Waals surface area contributed by atoms with Crippen LogP contribution in [0.5, 0.6) is 0 Å². The zero-order valence-electron chi connectivity index (χ0n) is 11.4. The van der Waals surface area contributed by atoms with E-state index in [-0.39, 0.29) is 23.2 Å². The van der Waals surface area contributed by atoms with Gasteiger partial charge in [0.15, 0.2) is 0 Å². The Morgan fingerprint density at radius 3 is 2.95 bits per heavy atom. The molecule has 2 atom stereocenters. The second-order valence-corrected chi connectivity index (χ2v) is 5.81. The molecule has 3 rings (SSSR count). The lowest BCUT2D eigenvalue weighted by Crippen LogP contribution is -2.36. The van der Waals surface area contributed by atoms with Crippen LogP contribution in [0.15, 0.2) is 24.3 Å². The van der Waals surface area contributed by atoms with Crippen molar-refractivity contribution in [2.45, 2.75) is 32.7 Å². The van der Waals surface area contributed by atoms with E-state index in [4.69, 9.17) is 0 Å². The second-order valence-electron chi connectivity index (χ2n) is 5.81. The molecule has 0 aromatic heterocycles. The molecule has 3 nitrogen and oxygen atoms in total. The number of benzene rings is 1. The molecule has 0 spiro atoms. The molecule has 2 saturated heterocycles. The molecule has 1 aromatic carbocycles. The van der Waals surface area contributed by atoms with Crippen LogP contribution in [0.1, 0.15) is 38.3 Å². The zero-order valence-corrected chi connectivity index (χ0v) is 11.4. The summed E-state index contributed by atoms with van der Waals surface area (Å²) in [4.78, 5) is 12.6. The molecule has 2 heterocycles. The highest BCUT2D eigenvalue weighted by Gasteiger charge is 2.51. The summed E-state index contributed by atoms with van der Waals surface area (Å²) in [6.07, 6.45) is 1.73. The molecule has 0 N–H and O–H groups in total. The topological polar surface area (TPSA) is 23.6 Å². The third kappa shape index (κ3) is 1.86. The van der Waals surface area contributed by atoms with Crippen LogP contribution >= 0.6 is 0 Å². The number of halogens is 1. The van der Waals surface area contributed by atoms with Crippen molar-refractivity contribution in [2.24, 2.45) is 5.41 Å². The van der Waals surface area contributed by atoms with E-state index in [9.17, 15) is 9.18 Å². The van der Waals surface area contributed by atoms with Gasteiger partial charge in [-0.2, -0.15) is 0 Å². The summed E-state index contributed by atoms with van der Waals surface area (Å²) in [7, 11) is 0. The second kappa shape index (κ2) is 4.30. The first-order chi connectivity index (χ1) is 9.05. The van der Waals surface area contributed by atoms with Gasteiger partial charge in [0.2, 0.25) is 5.91 Å². The molecular weight excluding hydrogens is 243 g/mol. The fraction of sp³-hybridized carbons (Fsp3) is 0.533. The van der Waals surface area contributed by atoms with E-state index in [1.54, 1.807) is 12.1 Å². The molecule has 0 radical (unpaired) electrons. The Labute approximate surface area is 113 Å². The minimum absolute atomic E-state index is 0.00317. The minimum Gasteiger partial charge on any atom is -0.273 e. The molecule has 1 amide bonds. The van der Waals surface area contributed by atoms with E-state index in [1.807, 2.05) is 18.0 Å². The number of carbonyl (C=O) groups excluding carboxylic acids is 1. The summed E-state index contributed by atoms with van der Waals surface area (Å²) in [5.41, 5.74) is 0.614. The molecule has 4 heteroatoms. The Morgan fingerprint density at radius 2 is 2.26 bits per heavy atom. The third-order valence-corrected chi connectivity index (χ3v) is 4.53. The molecule has 0 bridgehead atoms. The third-order valence-electron chi connectivity index (χ3n) is 4.53. The highest BCUT2D eigenvalue weighted by atomic mass is 19.1. The molecule has 19 heavy (non-hydrogen) atoms. The van der Waals surface area contributed by atoms with Crippen LogP contribution < -0.4 is 0 Å². The number of rotatable bonds is 2. The van der Waals surface area contributed by atoms with Gasteiger partial charge in [0, 0.05) is 13.1 Å². The number of fused-ring (bicyclic) bond motifs is 1. The number of carbonyl (C=O) groups is 1. The normalized spacial score (nSPS) is 31.0. The molecular formula is C15H19FN2O. The minimum atomic E-state index is -0.286. The Kier molecular flexibility index (Phi) is 2.86. The Morgan fingerprint density at radius 1 is 1.47 bits per heavy atom. The van der Waals surface area contributed by atoms with Crippen molar-refractivity contribution in [1.82, 2.24) is 10.0 Å². The van der Waals surface area contributed by atoms with Gasteiger partial charge in [-0.15, -0.1) is 0 Å². The summed E-state index contributed by atoms with van der Waals surface area (Å²) in [5, 5.41) is 3.99. The highest BCUT2D eigenvalue weighted by Crippen LogP contribution is 2.43. The Hall–Kier alpha value is -1.42. The van der Waals surface area contributed by atoms with E-state index in [1.165, 1.54) is 6.07 Å². The van der Waals surface area contributed by atoms with Crippen molar-refractivity contribution in [3.8, 4) is 0 Å². The van der Waals surface area contributed by atoms with Gasteiger partial charge in [0.1, 0.15) is 5.82 Å². The molecule has 2 fully saturated rings. The first-order valence-corrected chi connectivity index (χ1v) is 6.89. The van der Waals surface area contributed by atoms with Crippen molar-refractivity contribution in [3.63, 3.8) is 0 Å². The molecule has 2 aliphatic rings. The van der Waals surface area contributed by atoms with Crippen molar-refractivity contribution in [3.05, 3.63) is 35.6 Å². The number of hydrazine groups is 1. The van der Waals surface area contributed by atoms with Crippen LogP contribution in [-0.4, -0.2) is 29.0 Å². The maximum atomic E-state index is 13.4. The maximum absolute atomic E-state index is 13.4. The lowest BCUT2D eigenvalue weighted by atomic mass is 9.87. The predicted molar refractivity (Wildman–Crippen MR) is 70.6 cm³/mol. The van der Waals surface area contributed by atoms with E-state index in [0.717, 1.165) is 31.5 Å². The summed E-state index contributed by atoms with van der Waals surface area (Å²) in [6, 6.07) is 6.61. The Balaban J connectivity index is 1.92. The molecule has 102 valence electrons. The average molecular weight is 262 g/mol. The lowest BCUT2D eigenvalue weighted by Gasteiger charge is -2.26. The van der Waals surface area contributed by atoms with E-state index in [2.05, 4.69) is 11.9 Å². The monoisotopic (exact) mass is 262 g/mol. The van der Waals surface area contributed by atoms with Gasteiger partial charge in [-0.3, -0.25) is 9.80 Å². The molecule has 0 saturated carbocycles. The van der Waals surface area contributed by atoms with Crippen molar-refractivity contribution in [1.29, 1.82) is 0 Å². The van der Waals surface area contributed by atoms with Gasteiger partial charge in [-0.25, -0.2) is 9.40 Å². The van der Waals surface area contributed by atoms with Crippen LogP contribution in [-0.2, 0) is 4.79 Å². The Bertz CT molecular complexity index is 519. The van der Waals surface area contributed by atoms with E-state index < -0.39 is 0 Å². The largest absolute Gasteiger partial charge is 0.273 e. The van der Waals surface area contributed by atoms with Gasteiger partial charge in [0.25, 0.3) is 0 Å². The zero-order chi connectivity index (χ0) is 13.6. The summed E-state index contributed by atoms with van der Waals surface area (Å²) in [6.45, 7) is 5.74. The van der Waals surface area contributed by atoms with E-state index >= 15 is 0 Å². The standard InChI is InChI=1S/C15H19FN2O/c1-3-15(2)10-17-8-7-13(18(17)14(15)19)11-5-4-6-12(16)9-11/h4-6,9,13H,3,7-8,10H2,1-2H3/t13-,15+/m0/s1. The van der Waals surface area contributed by atoms with Crippen LogP contribution in [0.2, 0.25) is 0 Å². The maximum Gasteiger partial charge on any atom is 0.244 e. The fourth-order valence-corrected chi connectivity index (χ4v) is 3.16. The first-order valence-electron chi connectivity index (χ1n) is 6.89. The van der Waals surface area contributed by atoms with Crippen LogP contribution in [0, 0.1) is 11.2 Å². The van der Waals surface area contributed by atoms with Gasteiger partial charge >= 0.3 is 0 Å². The summed E-state index contributed by atoms with van der Waals surface area (Å²) in [5.74, 6) is -0.0531. The number of hydrogen-bond donors (Lipinski definition) is 0. The van der Waals surface area contributed by atoms with Gasteiger partial charge < -0.3 is 0 Å². The van der Waals surface area contributed by atoms with Crippen LogP contribution in [0.4, 0.5) is 4.39 Å².